The van der Waals surface area contributed by atoms with Gasteiger partial charge in [0.1, 0.15) is 5.75 Å². The minimum absolute atomic E-state index is 0.0403. The predicted molar refractivity (Wildman–Crippen MR) is 86.3 cm³/mol. The third-order valence-electron chi connectivity index (χ3n) is 3.78. The van der Waals surface area contributed by atoms with Crippen molar-refractivity contribution in [3.63, 3.8) is 0 Å². The summed E-state index contributed by atoms with van der Waals surface area (Å²) in [5.74, 6) is 0.902. The molecule has 1 aromatic rings. The fourth-order valence-electron chi connectivity index (χ4n) is 2.38. The number of nitrogens with one attached hydrogen (secondary N) is 1. The van der Waals surface area contributed by atoms with Crippen LogP contribution in [0.1, 0.15) is 17.5 Å². The van der Waals surface area contributed by atoms with E-state index in [0.717, 1.165) is 49.7 Å². The summed E-state index contributed by atoms with van der Waals surface area (Å²) in [5, 5.41) is 2.94. The fourth-order valence-corrected chi connectivity index (χ4v) is 2.38. The third kappa shape index (κ3) is 5.66. The van der Waals surface area contributed by atoms with Crippen molar-refractivity contribution in [3.05, 3.63) is 29.3 Å². The first-order valence-corrected chi connectivity index (χ1v) is 7.92. The lowest BCUT2D eigenvalue weighted by molar-refractivity contribution is -0.121. The summed E-state index contributed by atoms with van der Waals surface area (Å²) in [5.41, 5.74) is 2.26. The number of amides is 1. The topological polar surface area (TPSA) is 50.8 Å². The number of hydrogen-bond donors (Lipinski definition) is 1. The van der Waals surface area contributed by atoms with E-state index < -0.39 is 0 Å². The van der Waals surface area contributed by atoms with Crippen LogP contribution in [0.25, 0.3) is 0 Å². The maximum absolute atomic E-state index is 11.8. The van der Waals surface area contributed by atoms with Crippen LogP contribution in [0.5, 0.6) is 5.75 Å². The first-order valence-electron chi connectivity index (χ1n) is 7.92. The Morgan fingerprint density at radius 2 is 2.09 bits per heavy atom. The molecule has 0 aliphatic carbocycles. The molecular formula is C17H26N2O3. The Kier molecular flexibility index (Phi) is 6.68. The van der Waals surface area contributed by atoms with Gasteiger partial charge in [0.2, 0.25) is 5.91 Å². The molecule has 0 radical (unpaired) electrons. The van der Waals surface area contributed by atoms with Crippen LogP contribution in [0.3, 0.4) is 0 Å². The average molecular weight is 306 g/mol. The molecule has 1 aliphatic heterocycles. The molecule has 1 saturated heterocycles. The summed E-state index contributed by atoms with van der Waals surface area (Å²) in [7, 11) is 0. The van der Waals surface area contributed by atoms with Crippen molar-refractivity contribution in [2.24, 2.45) is 0 Å². The molecular weight excluding hydrogens is 280 g/mol. The highest BCUT2D eigenvalue weighted by Gasteiger charge is 2.10. The Hall–Kier alpha value is -1.59. The van der Waals surface area contributed by atoms with Crippen molar-refractivity contribution >= 4 is 5.91 Å². The Labute approximate surface area is 132 Å². The Bertz CT molecular complexity index is 485. The quantitative estimate of drug-likeness (QED) is 0.830. The molecule has 0 atom stereocenters. The van der Waals surface area contributed by atoms with E-state index in [4.69, 9.17) is 9.47 Å². The molecule has 1 fully saturated rings. The van der Waals surface area contributed by atoms with Gasteiger partial charge >= 0.3 is 0 Å². The molecule has 0 bridgehead atoms. The van der Waals surface area contributed by atoms with Crippen LogP contribution in [0.4, 0.5) is 0 Å². The lowest BCUT2D eigenvalue weighted by atomic mass is 10.1. The van der Waals surface area contributed by atoms with Crippen molar-refractivity contribution in [3.8, 4) is 5.75 Å². The van der Waals surface area contributed by atoms with Crippen molar-refractivity contribution in [1.82, 2.24) is 10.2 Å². The van der Waals surface area contributed by atoms with E-state index >= 15 is 0 Å². The van der Waals surface area contributed by atoms with E-state index in [1.807, 2.05) is 26.0 Å². The van der Waals surface area contributed by atoms with Crippen LogP contribution in [-0.2, 0) is 9.53 Å². The van der Waals surface area contributed by atoms with E-state index in [2.05, 4.69) is 16.3 Å². The Morgan fingerprint density at radius 3 is 2.86 bits per heavy atom. The second-order valence-electron chi connectivity index (χ2n) is 5.67. The van der Waals surface area contributed by atoms with E-state index in [1.54, 1.807) is 0 Å². The minimum atomic E-state index is 0.0403. The van der Waals surface area contributed by atoms with E-state index in [-0.39, 0.29) is 5.91 Å². The molecule has 1 aliphatic rings. The lowest BCUT2D eigenvalue weighted by Gasteiger charge is -2.26. The van der Waals surface area contributed by atoms with Crippen molar-refractivity contribution < 1.29 is 14.3 Å². The molecule has 2 rings (SSSR count). The van der Waals surface area contributed by atoms with Gasteiger partial charge in [0.15, 0.2) is 0 Å². The summed E-state index contributed by atoms with van der Waals surface area (Å²) in [4.78, 5) is 14.1. The van der Waals surface area contributed by atoms with E-state index in [9.17, 15) is 4.79 Å². The van der Waals surface area contributed by atoms with Crippen LogP contribution >= 0.6 is 0 Å². The van der Waals surface area contributed by atoms with E-state index in [1.165, 1.54) is 0 Å². The maximum Gasteiger partial charge on any atom is 0.223 e. The van der Waals surface area contributed by atoms with Gasteiger partial charge in [0.05, 0.1) is 26.2 Å². The van der Waals surface area contributed by atoms with Crippen LogP contribution in [0.15, 0.2) is 18.2 Å². The molecule has 122 valence electrons. The highest BCUT2D eigenvalue weighted by atomic mass is 16.5. The molecule has 1 aromatic carbocycles. The van der Waals surface area contributed by atoms with Gasteiger partial charge in [-0.1, -0.05) is 12.1 Å². The van der Waals surface area contributed by atoms with Gasteiger partial charge in [0.25, 0.3) is 0 Å². The molecule has 1 N–H and O–H groups in total. The van der Waals surface area contributed by atoms with Gasteiger partial charge in [-0.05, 0) is 31.0 Å². The van der Waals surface area contributed by atoms with Gasteiger partial charge in [-0.3, -0.25) is 9.69 Å². The molecule has 0 unspecified atom stereocenters. The number of rotatable bonds is 7. The zero-order chi connectivity index (χ0) is 15.8. The second-order valence-corrected chi connectivity index (χ2v) is 5.67. The smallest absolute Gasteiger partial charge is 0.223 e. The second kappa shape index (κ2) is 8.76. The minimum Gasteiger partial charge on any atom is -0.493 e. The molecule has 0 saturated carbocycles. The zero-order valence-electron chi connectivity index (χ0n) is 13.6. The normalized spacial score (nSPS) is 15.5. The van der Waals surface area contributed by atoms with Crippen LogP contribution in [0, 0.1) is 13.8 Å². The molecule has 0 spiro atoms. The first kappa shape index (κ1) is 16.8. The monoisotopic (exact) mass is 306 g/mol. The molecule has 22 heavy (non-hydrogen) atoms. The van der Waals surface area contributed by atoms with Gasteiger partial charge in [-0.15, -0.1) is 0 Å². The predicted octanol–water partition coefficient (Wildman–Crippen LogP) is 1.52. The number of morpholine rings is 1. The average Bonchev–Trinajstić information content (AvgIpc) is 2.52. The highest BCUT2D eigenvalue weighted by molar-refractivity contribution is 5.75. The summed E-state index contributed by atoms with van der Waals surface area (Å²) >= 11 is 0. The largest absolute Gasteiger partial charge is 0.493 e. The number of nitrogens with zero attached hydrogens (tertiary/aromatic N) is 1. The van der Waals surface area contributed by atoms with Crippen molar-refractivity contribution in [2.45, 2.75) is 20.3 Å². The van der Waals surface area contributed by atoms with Gasteiger partial charge in [-0.2, -0.15) is 0 Å². The number of carbonyl (C=O) groups is 1. The molecule has 5 heteroatoms. The number of benzene rings is 1. The summed E-state index contributed by atoms with van der Waals surface area (Å²) in [6.45, 7) is 9.50. The maximum atomic E-state index is 11.8. The number of ether oxygens (including phenoxy) is 2. The fraction of sp³-hybridized carbons (Fsp3) is 0.588. The molecule has 1 heterocycles. The number of carbonyl (C=O) groups excluding carboxylic acids is 1. The van der Waals surface area contributed by atoms with Crippen molar-refractivity contribution in [1.29, 1.82) is 0 Å². The van der Waals surface area contributed by atoms with Crippen LogP contribution in [0.2, 0.25) is 0 Å². The SMILES string of the molecule is Cc1ccc(C)c(OCCC(=O)NCCN2CCOCC2)c1. The van der Waals surface area contributed by atoms with Gasteiger partial charge in [0, 0.05) is 26.2 Å². The van der Waals surface area contributed by atoms with Gasteiger partial charge < -0.3 is 14.8 Å². The van der Waals surface area contributed by atoms with E-state index in [0.29, 0.717) is 19.6 Å². The number of aryl methyl sites for hydroxylation is 2. The first-order chi connectivity index (χ1) is 10.6. The molecule has 5 nitrogen and oxygen atoms in total. The van der Waals surface area contributed by atoms with Crippen molar-refractivity contribution in [2.75, 3.05) is 46.0 Å². The molecule has 0 aromatic heterocycles. The standard InChI is InChI=1S/C17H26N2O3/c1-14-3-4-15(2)16(13-14)22-10-5-17(20)18-6-7-19-8-11-21-12-9-19/h3-4,13H,5-12H2,1-2H3,(H,18,20). The van der Waals surface area contributed by atoms with Gasteiger partial charge in [-0.25, -0.2) is 0 Å². The zero-order valence-corrected chi connectivity index (χ0v) is 13.6. The number of hydrogen-bond acceptors (Lipinski definition) is 4. The highest BCUT2D eigenvalue weighted by Crippen LogP contribution is 2.19. The molecule has 1 amide bonds. The van der Waals surface area contributed by atoms with Crippen LogP contribution in [-0.4, -0.2) is 56.8 Å². The third-order valence-corrected chi connectivity index (χ3v) is 3.78. The lowest BCUT2D eigenvalue weighted by Crippen LogP contribution is -2.41. The van der Waals surface area contributed by atoms with Crippen LogP contribution < -0.4 is 10.1 Å². The summed E-state index contributed by atoms with van der Waals surface area (Å²) in [6, 6.07) is 6.10. The summed E-state index contributed by atoms with van der Waals surface area (Å²) in [6.07, 6.45) is 0.385. The Balaban J connectivity index is 1.60. The summed E-state index contributed by atoms with van der Waals surface area (Å²) < 4.78 is 11.0. The Morgan fingerprint density at radius 1 is 1.32 bits per heavy atom.